The van der Waals surface area contributed by atoms with Crippen LogP contribution in [-0.4, -0.2) is 38.8 Å². The van der Waals surface area contributed by atoms with Crippen LogP contribution in [0, 0.1) is 6.92 Å². The zero-order valence-electron chi connectivity index (χ0n) is 15.9. The Morgan fingerprint density at radius 1 is 1.03 bits per heavy atom. The highest BCUT2D eigenvalue weighted by molar-refractivity contribution is 7.89. The predicted molar refractivity (Wildman–Crippen MR) is 107 cm³/mol. The zero-order chi connectivity index (χ0) is 20.9. The van der Waals surface area contributed by atoms with Crippen molar-refractivity contribution in [3.05, 3.63) is 70.9 Å². The monoisotopic (exact) mass is 412 g/mol. The molecule has 0 aliphatic carbocycles. The molecule has 0 radical (unpaired) electrons. The number of aryl methyl sites for hydroxylation is 1. The quantitative estimate of drug-likeness (QED) is 0.798. The van der Waals surface area contributed by atoms with Crippen LogP contribution in [0.2, 0.25) is 0 Å². The van der Waals surface area contributed by atoms with Crippen molar-refractivity contribution in [2.24, 2.45) is 5.14 Å². The van der Waals surface area contributed by atoms with Crippen molar-refractivity contribution in [3.8, 4) is 0 Å². The molecule has 150 valence electrons. The van der Waals surface area contributed by atoms with E-state index in [-0.39, 0.29) is 23.4 Å². The molecular formula is C20H20N4O4S. The fourth-order valence-electron chi connectivity index (χ4n) is 3.60. The number of urea groups is 1. The number of hydrogen-bond donors (Lipinski definition) is 2. The third-order valence-corrected chi connectivity index (χ3v) is 6.18. The maximum Gasteiger partial charge on any atom is 0.322 e. The molecule has 0 saturated heterocycles. The van der Waals surface area contributed by atoms with E-state index in [0.29, 0.717) is 17.0 Å². The van der Waals surface area contributed by atoms with Crippen LogP contribution in [0.3, 0.4) is 0 Å². The molecule has 3 amide bonds. The van der Waals surface area contributed by atoms with E-state index in [1.165, 1.54) is 34.1 Å². The first-order valence-corrected chi connectivity index (χ1v) is 10.5. The highest BCUT2D eigenvalue weighted by Gasteiger charge is 2.43. The average Bonchev–Trinajstić information content (AvgIpc) is 3.02. The number of likely N-dealkylation sites (N-methyl/N-ethyl adjacent to an activating group) is 1. The number of nitrogens with zero attached hydrogens (tertiary/aromatic N) is 2. The Morgan fingerprint density at radius 2 is 1.66 bits per heavy atom. The summed E-state index contributed by atoms with van der Waals surface area (Å²) in [5.74, 6) is -0.235. The molecule has 0 fully saturated rings. The number of carbonyl (C=O) groups is 2. The molecule has 2 heterocycles. The fourth-order valence-corrected chi connectivity index (χ4v) is 4.12. The van der Waals surface area contributed by atoms with Gasteiger partial charge in [-0.15, -0.1) is 0 Å². The van der Waals surface area contributed by atoms with Crippen LogP contribution in [0.1, 0.15) is 17.2 Å². The highest BCUT2D eigenvalue weighted by atomic mass is 32.2. The summed E-state index contributed by atoms with van der Waals surface area (Å²) in [4.78, 5) is 28.7. The van der Waals surface area contributed by atoms with Crippen LogP contribution in [0.25, 0.3) is 0 Å². The SMILES string of the molecule is Cc1ccc([C@@H]2NC(=O)N(C)C3=C2C(=O)N(c2ccc(S(N)(=O)=O)cc2)C3)cc1. The van der Waals surface area contributed by atoms with Gasteiger partial charge in [0.05, 0.1) is 28.8 Å². The van der Waals surface area contributed by atoms with Crippen molar-refractivity contribution >= 4 is 27.6 Å². The summed E-state index contributed by atoms with van der Waals surface area (Å²) in [6, 6.07) is 12.6. The van der Waals surface area contributed by atoms with Crippen molar-refractivity contribution in [1.82, 2.24) is 10.2 Å². The lowest BCUT2D eigenvalue weighted by Gasteiger charge is -2.31. The molecule has 29 heavy (non-hydrogen) atoms. The fraction of sp³-hybridized carbons (Fsp3) is 0.200. The molecule has 0 spiro atoms. The van der Waals surface area contributed by atoms with Gasteiger partial charge in [-0.2, -0.15) is 0 Å². The smallest absolute Gasteiger partial charge is 0.322 e. The number of nitrogens with one attached hydrogen (secondary N) is 1. The number of sulfonamides is 1. The maximum absolute atomic E-state index is 13.3. The van der Waals surface area contributed by atoms with E-state index >= 15 is 0 Å². The van der Waals surface area contributed by atoms with E-state index in [2.05, 4.69) is 5.32 Å². The van der Waals surface area contributed by atoms with Crippen molar-refractivity contribution in [2.45, 2.75) is 17.9 Å². The first kappa shape index (κ1) is 19.2. The summed E-state index contributed by atoms with van der Waals surface area (Å²) in [7, 11) is -2.20. The van der Waals surface area contributed by atoms with Gasteiger partial charge in [-0.3, -0.25) is 9.69 Å². The zero-order valence-corrected chi connectivity index (χ0v) is 16.7. The topological polar surface area (TPSA) is 113 Å². The summed E-state index contributed by atoms with van der Waals surface area (Å²) in [5.41, 5.74) is 3.56. The molecule has 2 aromatic carbocycles. The van der Waals surface area contributed by atoms with Crippen molar-refractivity contribution in [3.63, 3.8) is 0 Å². The highest BCUT2D eigenvalue weighted by Crippen LogP contribution is 2.37. The number of anilines is 1. The molecule has 1 atom stereocenters. The average molecular weight is 412 g/mol. The third-order valence-electron chi connectivity index (χ3n) is 5.25. The molecule has 0 aromatic heterocycles. The molecule has 4 rings (SSSR count). The summed E-state index contributed by atoms with van der Waals surface area (Å²) in [6.07, 6.45) is 0. The van der Waals surface area contributed by atoms with E-state index in [4.69, 9.17) is 5.14 Å². The van der Waals surface area contributed by atoms with Crippen molar-refractivity contribution < 1.29 is 18.0 Å². The molecule has 0 bridgehead atoms. The molecule has 9 heteroatoms. The van der Waals surface area contributed by atoms with Gasteiger partial charge in [0.2, 0.25) is 10.0 Å². The van der Waals surface area contributed by atoms with E-state index in [0.717, 1.165) is 11.1 Å². The molecule has 8 nitrogen and oxygen atoms in total. The minimum absolute atomic E-state index is 0.0305. The molecule has 2 aliphatic heterocycles. The van der Waals surface area contributed by atoms with Gasteiger partial charge < -0.3 is 10.2 Å². The normalized spacial score (nSPS) is 19.5. The number of primary sulfonamides is 1. The van der Waals surface area contributed by atoms with Crippen LogP contribution >= 0.6 is 0 Å². The Hall–Kier alpha value is -3.17. The van der Waals surface area contributed by atoms with Crippen molar-refractivity contribution in [1.29, 1.82) is 0 Å². The standard InChI is InChI=1S/C20H20N4O4S/c1-12-3-5-13(6-4-12)18-17-16(23(2)20(26)22-18)11-24(19(17)25)14-7-9-15(10-8-14)29(21,27)28/h3-10,18H,11H2,1-2H3,(H,22,26)(H2,21,27,28)/t18-/m0/s1. The second-order valence-electron chi connectivity index (χ2n) is 7.14. The largest absolute Gasteiger partial charge is 0.327 e. The van der Waals surface area contributed by atoms with Crippen LogP contribution in [-0.2, 0) is 14.8 Å². The number of hydrogen-bond acceptors (Lipinski definition) is 4. The number of benzene rings is 2. The van der Waals surface area contributed by atoms with Gasteiger partial charge in [0.25, 0.3) is 5.91 Å². The van der Waals surface area contributed by atoms with E-state index in [9.17, 15) is 18.0 Å². The van der Waals surface area contributed by atoms with Gasteiger partial charge in [0, 0.05) is 12.7 Å². The van der Waals surface area contributed by atoms with Gasteiger partial charge in [0.1, 0.15) is 0 Å². The van der Waals surface area contributed by atoms with E-state index in [1.807, 2.05) is 31.2 Å². The lowest BCUT2D eigenvalue weighted by molar-refractivity contribution is -0.114. The summed E-state index contributed by atoms with van der Waals surface area (Å²) < 4.78 is 22.9. The third kappa shape index (κ3) is 3.28. The molecule has 0 saturated carbocycles. The molecule has 2 aliphatic rings. The molecular weight excluding hydrogens is 392 g/mol. The van der Waals surface area contributed by atoms with Crippen LogP contribution in [0.4, 0.5) is 10.5 Å². The number of rotatable bonds is 3. The lowest BCUT2D eigenvalue weighted by Crippen LogP contribution is -2.45. The van der Waals surface area contributed by atoms with Crippen LogP contribution in [0.15, 0.2) is 64.7 Å². The second-order valence-corrected chi connectivity index (χ2v) is 8.70. The van der Waals surface area contributed by atoms with Crippen LogP contribution in [0.5, 0.6) is 0 Å². The van der Waals surface area contributed by atoms with Gasteiger partial charge in [0.15, 0.2) is 0 Å². The predicted octanol–water partition coefficient (Wildman–Crippen LogP) is 1.64. The minimum atomic E-state index is -3.82. The molecule has 0 unspecified atom stereocenters. The second kappa shape index (κ2) is 6.71. The molecule has 3 N–H and O–H groups in total. The summed E-state index contributed by atoms with van der Waals surface area (Å²) in [5, 5.41) is 8.03. The number of nitrogens with two attached hydrogens (primary N) is 1. The van der Waals surface area contributed by atoms with Gasteiger partial charge in [-0.05, 0) is 36.8 Å². The first-order valence-electron chi connectivity index (χ1n) is 8.95. The Balaban J connectivity index is 1.71. The van der Waals surface area contributed by atoms with Gasteiger partial charge in [-0.25, -0.2) is 18.4 Å². The maximum atomic E-state index is 13.3. The Bertz CT molecular complexity index is 1140. The van der Waals surface area contributed by atoms with Gasteiger partial charge in [-0.1, -0.05) is 29.8 Å². The van der Waals surface area contributed by atoms with E-state index in [1.54, 1.807) is 7.05 Å². The van der Waals surface area contributed by atoms with E-state index < -0.39 is 16.1 Å². The molecule has 2 aromatic rings. The Labute approximate surface area is 168 Å². The summed E-state index contributed by atoms with van der Waals surface area (Å²) >= 11 is 0. The number of amides is 3. The van der Waals surface area contributed by atoms with Crippen LogP contribution < -0.4 is 15.4 Å². The van der Waals surface area contributed by atoms with Gasteiger partial charge >= 0.3 is 6.03 Å². The number of carbonyl (C=O) groups excluding carboxylic acids is 2. The summed E-state index contributed by atoms with van der Waals surface area (Å²) in [6.45, 7) is 2.19. The first-order chi connectivity index (χ1) is 13.7. The minimum Gasteiger partial charge on any atom is -0.327 e. The Kier molecular flexibility index (Phi) is 4.44. The van der Waals surface area contributed by atoms with Crippen molar-refractivity contribution in [2.75, 3.05) is 18.5 Å². The lowest BCUT2D eigenvalue weighted by atomic mass is 9.95. The Morgan fingerprint density at radius 3 is 2.24 bits per heavy atom.